The molecule has 2 aromatic rings. The van der Waals surface area contributed by atoms with E-state index in [0.29, 0.717) is 12.0 Å². The lowest BCUT2D eigenvalue weighted by molar-refractivity contribution is 0.0951. The molecule has 0 radical (unpaired) electrons. The maximum atomic E-state index is 12.5. The molecule has 0 bridgehead atoms. The minimum absolute atomic E-state index is 0.0412. The summed E-state index contributed by atoms with van der Waals surface area (Å²) >= 11 is 0. The summed E-state index contributed by atoms with van der Waals surface area (Å²) in [6.45, 7) is 9.42. The van der Waals surface area contributed by atoms with Crippen molar-refractivity contribution >= 4 is 17.8 Å². The Morgan fingerprint density at radius 3 is 2.55 bits per heavy atom. The molecule has 0 aliphatic rings. The van der Waals surface area contributed by atoms with Crippen molar-refractivity contribution in [1.29, 1.82) is 0 Å². The number of carbonyl (C=O) groups excluding carboxylic acids is 1. The van der Waals surface area contributed by atoms with Crippen LogP contribution in [0.4, 0.5) is 5.69 Å². The molecule has 0 saturated carbocycles. The zero-order valence-corrected chi connectivity index (χ0v) is 17.0. The highest BCUT2D eigenvalue weighted by atomic mass is 16.5. The second kappa shape index (κ2) is 10.2. The highest BCUT2D eigenvalue weighted by Crippen LogP contribution is 2.31. The van der Waals surface area contributed by atoms with Gasteiger partial charge in [-0.15, -0.1) is 6.58 Å². The van der Waals surface area contributed by atoms with E-state index in [9.17, 15) is 15.0 Å². The number of hydrazone groups is 1. The molecule has 2 aromatic carbocycles. The average molecular weight is 397 g/mol. The van der Waals surface area contributed by atoms with Gasteiger partial charge in [-0.1, -0.05) is 6.08 Å². The monoisotopic (exact) mass is 397 g/mol. The number of phenolic OH excluding ortho intramolecular Hbond substituents is 2. The summed E-state index contributed by atoms with van der Waals surface area (Å²) in [6, 6.07) is 8.47. The molecule has 0 heterocycles. The van der Waals surface area contributed by atoms with Crippen LogP contribution in [0.3, 0.4) is 0 Å². The van der Waals surface area contributed by atoms with Crippen molar-refractivity contribution < 1.29 is 19.7 Å². The maximum absolute atomic E-state index is 12.5. The zero-order chi connectivity index (χ0) is 21.4. The topological polar surface area (TPSA) is 94.4 Å². The minimum Gasteiger partial charge on any atom is -0.507 e. The Hall–Kier alpha value is -3.48. The van der Waals surface area contributed by atoms with Crippen molar-refractivity contribution in [3.05, 3.63) is 59.7 Å². The molecule has 0 aliphatic carbocycles. The Balaban J connectivity index is 2.17. The van der Waals surface area contributed by atoms with Crippen LogP contribution in [0, 0.1) is 0 Å². The Morgan fingerprint density at radius 2 is 1.97 bits per heavy atom. The molecule has 7 nitrogen and oxygen atoms in total. The summed E-state index contributed by atoms with van der Waals surface area (Å²) in [5.41, 5.74) is 4.54. The summed E-state index contributed by atoms with van der Waals surface area (Å²) in [6.07, 6.45) is 3.56. The van der Waals surface area contributed by atoms with Gasteiger partial charge in [0.25, 0.3) is 5.91 Å². The van der Waals surface area contributed by atoms with E-state index in [1.807, 2.05) is 19.9 Å². The highest BCUT2D eigenvalue weighted by Gasteiger charge is 2.16. The Morgan fingerprint density at radius 1 is 1.24 bits per heavy atom. The fourth-order valence-electron chi connectivity index (χ4n) is 2.93. The van der Waals surface area contributed by atoms with E-state index >= 15 is 0 Å². The van der Waals surface area contributed by atoms with Crippen molar-refractivity contribution in [3.8, 4) is 17.2 Å². The molecule has 0 aliphatic heterocycles. The number of rotatable bonds is 9. The first kappa shape index (κ1) is 21.8. The molecule has 7 heteroatoms. The van der Waals surface area contributed by atoms with Crippen molar-refractivity contribution in [3.63, 3.8) is 0 Å². The second-order valence-corrected chi connectivity index (χ2v) is 6.30. The number of anilines is 1. The van der Waals surface area contributed by atoms with Gasteiger partial charge in [0.05, 0.1) is 18.9 Å². The number of ether oxygens (including phenoxy) is 1. The van der Waals surface area contributed by atoms with Crippen LogP contribution >= 0.6 is 0 Å². The Kier molecular flexibility index (Phi) is 7.65. The number of allylic oxidation sites excluding steroid dienone is 1. The van der Waals surface area contributed by atoms with Crippen LogP contribution < -0.4 is 15.1 Å². The summed E-state index contributed by atoms with van der Waals surface area (Å²) in [7, 11) is 1.41. The van der Waals surface area contributed by atoms with Gasteiger partial charge < -0.3 is 19.8 Å². The molecule has 3 N–H and O–H groups in total. The van der Waals surface area contributed by atoms with E-state index in [-0.39, 0.29) is 22.8 Å². The highest BCUT2D eigenvalue weighted by molar-refractivity contribution is 5.98. The molecule has 2 rings (SSSR count). The number of methoxy groups -OCH3 is 1. The number of hydrogen-bond donors (Lipinski definition) is 3. The molecule has 29 heavy (non-hydrogen) atoms. The zero-order valence-electron chi connectivity index (χ0n) is 17.0. The summed E-state index contributed by atoms with van der Waals surface area (Å²) < 4.78 is 5.12. The minimum atomic E-state index is -0.595. The quantitative estimate of drug-likeness (QED) is 0.342. The molecule has 0 aromatic heterocycles. The molecular weight excluding hydrogens is 370 g/mol. The van der Waals surface area contributed by atoms with Gasteiger partial charge in [0.2, 0.25) is 0 Å². The number of amides is 1. The van der Waals surface area contributed by atoms with Gasteiger partial charge in [0.1, 0.15) is 5.75 Å². The third kappa shape index (κ3) is 5.28. The van der Waals surface area contributed by atoms with E-state index in [1.54, 1.807) is 30.3 Å². The van der Waals surface area contributed by atoms with Crippen LogP contribution in [0.25, 0.3) is 0 Å². The predicted molar refractivity (Wildman–Crippen MR) is 115 cm³/mol. The normalized spacial score (nSPS) is 10.7. The number of nitrogens with one attached hydrogen (secondary N) is 1. The fourth-order valence-corrected chi connectivity index (χ4v) is 2.93. The maximum Gasteiger partial charge on any atom is 0.275 e. The number of phenols is 2. The van der Waals surface area contributed by atoms with Crippen LogP contribution in [-0.4, -0.2) is 42.5 Å². The molecular formula is C22H27N3O4. The number of aromatic hydroxyl groups is 2. The number of nitrogens with zero attached hydrogens (tertiary/aromatic N) is 2. The Bertz CT molecular complexity index is 905. The van der Waals surface area contributed by atoms with Crippen molar-refractivity contribution in [1.82, 2.24) is 5.43 Å². The van der Waals surface area contributed by atoms with Gasteiger partial charge in [-0.2, -0.15) is 5.10 Å². The van der Waals surface area contributed by atoms with Crippen molar-refractivity contribution in [2.75, 3.05) is 25.1 Å². The van der Waals surface area contributed by atoms with E-state index in [0.717, 1.165) is 24.3 Å². The van der Waals surface area contributed by atoms with Gasteiger partial charge >= 0.3 is 0 Å². The lowest BCUT2D eigenvalue weighted by Gasteiger charge is -2.21. The van der Waals surface area contributed by atoms with E-state index < -0.39 is 5.91 Å². The van der Waals surface area contributed by atoms with Crippen LogP contribution in [0.1, 0.15) is 35.3 Å². The van der Waals surface area contributed by atoms with Crippen LogP contribution in [-0.2, 0) is 6.42 Å². The fraction of sp³-hybridized carbons (Fsp3) is 0.273. The van der Waals surface area contributed by atoms with E-state index in [2.05, 4.69) is 22.0 Å². The predicted octanol–water partition coefficient (Wildman–Crippen LogP) is 3.45. The molecule has 1 amide bonds. The third-order valence-electron chi connectivity index (χ3n) is 4.49. The Labute approximate surface area is 170 Å². The van der Waals surface area contributed by atoms with Crippen molar-refractivity contribution in [2.45, 2.75) is 20.3 Å². The summed E-state index contributed by atoms with van der Waals surface area (Å²) in [5, 5.41) is 24.4. The first-order valence-electron chi connectivity index (χ1n) is 9.37. The standard InChI is InChI=1S/C22H27N3O4/c1-5-8-15-11-18(21(27)20(12-15)29-4)22(28)24-23-14-16-9-10-17(13-19(16)26)25(6-2)7-3/h5,9-14,26-27H,1,6-8H2,2-4H3,(H,24,28)/b23-14+. The van der Waals surface area contributed by atoms with Crippen molar-refractivity contribution in [2.24, 2.45) is 5.10 Å². The first-order chi connectivity index (χ1) is 13.9. The molecule has 0 spiro atoms. The van der Waals surface area contributed by atoms with Gasteiger partial charge in [-0.3, -0.25) is 4.79 Å². The van der Waals surface area contributed by atoms with Crippen LogP contribution in [0.2, 0.25) is 0 Å². The first-order valence-corrected chi connectivity index (χ1v) is 9.37. The number of benzene rings is 2. The third-order valence-corrected chi connectivity index (χ3v) is 4.49. The van der Waals surface area contributed by atoms with Gasteiger partial charge in [0.15, 0.2) is 11.5 Å². The average Bonchev–Trinajstić information content (AvgIpc) is 2.71. The van der Waals surface area contributed by atoms with Gasteiger partial charge in [-0.25, -0.2) is 5.43 Å². The van der Waals surface area contributed by atoms with Gasteiger partial charge in [0, 0.05) is 30.4 Å². The second-order valence-electron chi connectivity index (χ2n) is 6.30. The number of carbonyl (C=O) groups is 1. The molecule has 0 fully saturated rings. The molecule has 0 atom stereocenters. The van der Waals surface area contributed by atoms with Crippen LogP contribution in [0.15, 0.2) is 48.1 Å². The van der Waals surface area contributed by atoms with Gasteiger partial charge in [-0.05, 0) is 50.1 Å². The van der Waals surface area contributed by atoms with E-state index in [4.69, 9.17) is 4.74 Å². The largest absolute Gasteiger partial charge is 0.507 e. The molecule has 0 saturated heterocycles. The molecule has 154 valence electrons. The number of hydrogen-bond acceptors (Lipinski definition) is 6. The summed E-state index contributed by atoms with van der Waals surface area (Å²) in [5.74, 6) is -0.602. The lowest BCUT2D eigenvalue weighted by Crippen LogP contribution is -2.21. The summed E-state index contributed by atoms with van der Waals surface area (Å²) in [4.78, 5) is 14.6. The smallest absolute Gasteiger partial charge is 0.275 e. The van der Waals surface area contributed by atoms with E-state index in [1.165, 1.54) is 13.3 Å². The van der Waals surface area contributed by atoms with Crippen LogP contribution in [0.5, 0.6) is 17.2 Å². The lowest BCUT2D eigenvalue weighted by atomic mass is 10.1. The molecule has 0 unspecified atom stereocenters. The SMILES string of the molecule is C=CCc1cc(OC)c(O)c(C(=O)N/N=C/c2ccc(N(CC)CC)cc2O)c1.